The number of hydrogen-bond donors (Lipinski definition) is 2. The van der Waals surface area contributed by atoms with Crippen LogP contribution in [-0.4, -0.2) is 34.7 Å². The maximum Gasteiger partial charge on any atom is 0.321 e. The molecule has 1 heterocycles. The number of carboxylic acid groups (broad SMARTS) is 1. The minimum atomic E-state index is -0.733. The number of carbonyl (C=O) groups is 1. The zero-order chi connectivity index (χ0) is 9.14. The molecule has 0 aromatic rings. The van der Waals surface area contributed by atoms with Gasteiger partial charge in [-0.3, -0.25) is 4.79 Å². The van der Waals surface area contributed by atoms with Crippen molar-refractivity contribution < 1.29 is 9.90 Å². The van der Waals surface area contributed by atoms with Crippen LogP contribution >= 0.6 is 11.8 Å². The van der Waals surface area contributed by atoms with Crippen LogP contribution in [0.15, 0.2) is 0 Å². The summed E-state index contributed by atoms with van der Waals surface area (Å²) in [4.78, 5) is 10.6. The van der Waals surface area contributed by atoms with Gasteiger partial charge in [0.15, 0.2) is 0 Å². The van der Waals surface area contributed by atoms with Gasteiger partial charge in [-0.25, -0.2) is 0 Å². The summed E-state index contributed by atoms with van der Waals surface area (Å²) in [5.41, 5.74) is 0. The topological polar surface area (TPSA) is 49.3 Å². The zero-order valence-electron chi connectivity index (χ0n) is 7.41. The van der Waals surface area contributed by atoms with Crippen molar-refractivity contribution in [3.63, 3.8) is 0 Å². The van der Waals surface area contributed by atoms with Crippen LogP contribution in [-0.2, 0) is 4.79 Å². The van der Waals surface area contributed by atoms with E-state index >= 15 is 0 Å². The molecule has 0 bridgehead atoms. The van der Waals surface area contributed by atoms with Crippen LogP contribution in [0.25, 0.3) is 0 Å². The Balaban J connectivity index is 2.49. The SMILES string of the molecule is CC1CNC(C(=O)O)CSC1C. The van der Waals surface area contributed by atoms with Gasteiger partial charge in [-0.1, -0.05) is 13.8 Å². The van der Waals surface area contributed by atoms with E-state index in [4.69, 9.17) is 5.11 Å². The number of thioether (sulfide) groups is 1. The van der Waals surface area contributed by atoms with Crippen molar-refractivity contribution in [2.45, 2.75) is 25.1 Å². The predicted molar refractivity (Wildman–Crippen MR) is 50.5 cm³/mol. The molecule has 0 aromatic heterocycles. The molecular formula is C8H15NO2S. The molecule has 0 spiro atoms. The lowest BCUT2D eigenvalue weighted by molar-refractivity contribution is -0.138. The summed E-state index contributed by atoms with van der Waals surface area (Å²) < 4.78 is 0. The molecule has 0 saturated carbocycles. The molecule has 4 heteroatoms. The van der Waals surface area contributed by atoms with Crippen molar-refractivity contribution in [2.24, 2.45) is 5.92 Å². The molecule has 3 atom stereocenters. The van der Waals surface area contributed by atoms with Crippen LogP contribution in [0.2, 0.25) is 0 Å². The Morgan fingerprint density at radius 3 is 2.83 bits per heavy atom. The van der Waals surface area contributed by atoms with E-state index < -0.39 is 5.97 Å². The van der Waals surface area contributed by atoms with E-state index in [1.165, 1.54) is 0 Å². The van der Waals surface area contributed by atoms with Crippen molar-refractivity contribution in [3.05, 3.63) is 0 Å². The van der Waals surface area contributed by atoms with E-state index in [9.17, 15) is 4.79 Å². The van der Waals surface area contributed by atoms with Crippen LogP contribution in [0.1, 0.15) is 13.8 Å². The maximum atomic E-state index is 10.6. The normalized spacial score (nSPS) is 37.3. The summed E-state index contributed by atoms with van der Waals surface area (Å²) >= 11 is 1.74. The van der Waals surface area contributed by atoms with Crippen LogP contribution in [0.5, 0.6) is 0 Å². The van der Waals surface area contributed by atoms with Crippen molar-refractivity contribution in [1.29, 1.82) is 0 Å². The van der Waals surface area contributed by atoms with Gasteiger partial charge in [0, 0.05) is 11.0 Å². The molecule has 70 valence electrons. The fourth-order valence-electron chi connectivity index (χ4n) is 1.12. The lowest BCUT2D eigenvalue weighted by Crippen LogP contribution is -2.39. The third-order valence-corrected chi connectivity index (χ3v) is 3.83. The first kappa shape index (κ1) is 9.86. The second kappa shape index (κ2) is 4.14. The maximum absolute atomic E-state index is 10.6. The molecule has 1 aliphatic rings. The van der Waals surface area contributed by atoms with Crippen LogP contribution in [0.4, 0.5) is 0 Å². The van der Waals surface area contributed by atoms with Crippen molar-refractivity contribution >= 4 is 17.7 Å². The summed E-state index contributed by atoms with van der Waals surface area (Å²) in [7, 11) is 0. The van der Waals surface area contributed by atoms with Gasteiger partial charge in [0.1, 0.15) is 6.04 Å². The lowest BCUT2D eigenvalue weighted by Gasteiger charge is -2.14. The van der Waals surface area contributed by atoms with E-state index in [0.29, 0.717) is 16.9 Å². The average molecular weight is 189 g/mol. The molecule has 3 nitrogen and oxygen atoms in total. The molecule has 2 N–H and O–H groups in total. The first-order valence-corrected chi connectivity index (χ1v) is 5.24. The first-order chi connectivity index (χ1) is 5.61. The molecule has 0 aromatic carbocycles. The quantitative estimate of drug-likeness (QED) is 0.640. The van der Waals surface area contributed by atoms with Gasteiger partial charge in [0.05, 0.1) is 0 Å². The molecule has 1 fully saturated rings. The predicted octanol–water partition coefficient (Wildman–Crippen LogP) is 0.801. The highest BCUT2D eigenvalue weighted by atomic mass is 32.2. The Kier molecular flexibility index (Phi) is 3.40. The standard InChI is InChI=1S/C8H15NO2S/c1-5-3-9-7(8(10)11)4-12-6(5)2/h5-7,9H,3-4H2,1-2H3,(H,10,11). The Labute approximate surface area is 76.9 Å². The molecular weight excluding hydrogens is 174 g/mol. The van der Waals surface area contributed by atoms with Crippen LogP contribution in [0.3, 0.4) is 0 Å². The van der Waals surface area contributed by atoms with Gasteiger partial charge < -0.3 is 10.4 Å². The third-order valence-electron chi connectivity index (χ3n) is 2.31. The monoisotopic (exact) mass is 189 g/mol. The fraction of sp³-hybridized carbons (Fsp3) is 0.875. The Hall–Kier alpha value is -0.220. The van der Waals surface area contributed by atoms with E-state index in [1.807, 2.05) is 0 Å². The summed E-state index contributed by atoms with van der Waals surface area (Å²) in [6, 6.07) is -0.359. The third kappa shape index (κ3) is 2.38. The van der Waals surface area contributed by atoms with E-state index in [1.54, 1.807) is 11.8 Å². The first-order valence-electron chi connectivity index (χ1n) is 4.19. The molecule has 1 aliphatic heterocycles. The van der Waals surface area contributed by atoms with Crippen molar-refractivity contribution in [3.8, 4) is 0 Å². The second-order valence-corrected chi connectivity index (χ2v) is 4.73. The van der Waals surface area contributed by atoms with Gasteiger partial charge in [0.2, 0.25) is 0 Å². The Bertz CT molecular complexity index is 162. The van der Waals surface area contributed by atoms with Gasteiger partial charge in [-0.15, -0.1) is 0 Å². The fourth-order valence-corrected chi connectivity index (χ4v) is 2.31. The number of aliphatic carboxylic acids is 1. The van der Waals surface area contributed by atoms with Crippen LogP contribution in [0, 0.1) is 5.92 Å². The zero-order valence-corrected chi connectivity index (χ0v) is 8.23. The molecule has 12 heavy (non-hydrogen) atoms. The largest absolute Gasteiger partial charge is 0.480 e. The number of carboxylic acids is 1. The molecule has 3 unspecified atom stereocenters. The average Bonchev–Trinajstić information content (AvgIpc) is 2.16. The Morgan fingerprint density at radius 2 is 2.25 bits per heavy atom. The highest BCUT2D eigenvalue weighted by Gasteiger charge is 2.25. The number of hydrogen-bond acceptors (Lipinski definition) is 3. The summed E-state index contributed by atoms with van der Waals surface area (Å²) in [5, 5.41) is 12.4. The minimum absolute atomic E-state index is 0.359. The van der Waals surface area contributed by atoms with Gasteiger partial charge in [0.25, 0.3) is 0 Å². The van der Waals surface area contributed by atoms with Gasteiger partial charge in [-0.05, 0) is 12.5 Å². The molecule has 1 rings (SSSR count). The molecule has 0 radical (unpaired) electrons. The summed E-state index contributed by atoms with van der Waals surface area (Å²) in [5.74, 6) is 0.504. The number of nitrogens with one attached hydrogen (secondary N) is 1. The molecule has 0 amide bonds. The highest BCUT2D eigenvalue weighted by molar-refractivity contribution is 7.99. The smallest absolute Gasteiger partial charge is 0.321 e. The van der Waals surface area contributed by atoms with E-state index in [2.05, 4.69) is 19.2 Å². The lowest BCUT2D eigenvalue weighted by atomic mass is 10.1. The molecule has 0 aliphatic carbocycles. The second-order valence-electron chi connectivity index (χ2n) is 3.31. The van der Waals surface area contributed by atoms with E-state index in [0.717, 1.165) is 6.54 Å². The number of rotatable bonds is 1. The molecule has 1 saturated heterocycles. The van der Waals surface area contributed by atoms with Crippen molar-refractivity contribution in [2.75, 3.05) is 12.3 Å². The van der Waals surface area contributed by atoms with Crippen molar-refractivity contribution in [1.82, 2.24) is 5.32 Å². The van der Waals surface area contributed by atoms with Gasteiger partial charge in [-0.2, -0.15) is 11.8 Å². The summed E-state index contributed by atoms with van der Waals surface area (Å²) in [6.45, 7) is 5.11. The van der Waals surface area contributed by atoms with Gasteiger partial charge >= 0.3 is 5.97 Å². The summed E-state index contributed by atoms with van der Waals surface area (Å²) in [6.07, 6.45) is 0. The highest BCUT2D eigenvalue weighted by Crippen LogP contribution is 2.22. The van der Waals surface area contributed by atoms with Crippen LogP contribution < -0.4 is 5.32 Å². The van der Waals surface area contributed by atoms with E-state index in [-0.39, 0.29) is 6.04 Å². The Morgan fingerprint density at radius 1 is 1.58 bits per heavy atom. The minimum Gasteiger partial charge on any atom is -0.480 e.